The summed E-state index contributed by atoms with van der Waals surface area (Å²) in [5, 5.41) is 38.1. The summed E-state index contributed by atoms with van der Waals surface area (Å²) in [4.78, 5) is 53.2. The quantitative estimate of drug-likeness (QED) is 0.196. The molecule has 1 unspecified atom stereocenters. The van der Waals surface area contributed by atoms with Crippen LogP contribution in [-0.2, 0) is 30.3 Å². The lowest BCUT2D eigenvalue weighted by atomic mass is 10.1. The number of hydrogen-bond acceptors (Lipinski definition) is 10. The molecule has 1 aromatic rings. The summed E-state index contributed by atoms with van der Waals surface area (Å²) in [6, 6.07) is 6.54. The van der Waals surface area contributed by atoms with Crippen LogP contribution < -0.4 is 4.74 Å². The standard InChI is InChI=1S/C27H42N4O10/c1-2-41-22-5-3-21(4-6-22)7-16-40-20-23(27(38)39)31-14-12-29(18-25(34)35)10-8-28(17-24(32)33)9-11-30(13-15-31)19-26(36)37/h3-6,23H,2,7-20H2,1H3,(H,32,33)(H,34,35)(H,36,37)(H,38,39). The van der Waals surface area contributed by atoms with Crippen molar-refractivity contribution in [3.8, 4) is 5.75 Å². The van der Waals surface area contributed by atoms with Gasteiger partial charge < -0.3 is 29.9 Å². The first kappa shape index (κ1) is 33.9. The van der Waals surface area contributed by atoms with Crippen molar-refractivity contribution in [1.82, 2.24) is 19.6 Å². The third-order valence-corrected chi connectivity index (χ3v) is 6.72. The third kappa shape index (κ3) is 13.7. The highest BCUT2D eigenvalue weighted by atomic mass is 16.5. The van der Waals surface area contributed by atoms with Crippen LogP contribution in [0.5, 0.6) is 5.75 Å². The van der Waals surface area contributed by atoms with Gasteiger partial charge in [0.1, 0.15) is 11.8 Å². The summed E-state index contributed by atoms with van der Waals surface area (Å²) in [5.41, 5.74) is 1.01. The maximum atomic E-state index is 12.3. The maximum Gasteiger partial charge on any atom is 0.323 e. The molecule has 1 atom stereocenters. The molecule has 0 amide bonds. The van der Waals surface area contributed by atoms with E-state index in [2.05, 4.69) is 0 Å². The number of carboxylic acid groups (broad SMARTS) is 4. The Morgan fingerprint density at radius 3 is 1.56 bits per heavy atom. The molecule has 1 aromatic carbocycles. The molecule has 14 heteroatoms. The minimum atomic E-state index is -1.10. The molecule has 230 valence electrons. The molecular weight excluding hydrogens is 540 g/mol. The van der Waals surface area contributed by atoms with Crippen LogP contribution in [0.15, 0.2) is 24.3 Å². The summed E-state index contributed by atoms with van der Waals surface area (Å²) < 4.78 is 11.2. The average molecular weight is 583 g/mol. The molecule has 0 aromatic heterocycles. The fourth-order valence-electron chi connectivity index (χ4n) is 4.55. The normalized spacial score (nSPS) is 17.7. The van der Waals surface area contributed by atoms with Crippen molar-refractivity contribution in [1.29, 1.82) is 0 Å². The number of ether oxygens (including phenoxy) is 2. The minimum Gasteiger partial charge on any atom is -0.494 e. The lowest BCUT2D eigenvalue weighted by Crippen LogP contribution is -2.53. The molecule has 0 aliphatic carbocycles. The van der Waals surface area contributed by atoms with Crippen LogP contribution in [0.4, 0.5) is 0 Å². The molecule has 1 aliphatic rings. The minimum absolute atomic E-state index is 0.101. The third-order valence-electron chi connectivity index (χ3n) is 6.72. The first-order chi connectivity index (χ1) is 19.6. The topological polar surface area (TPSA) is 181 Å². The zero-order valence-electron chi connectivity index (χ0n) is 23.5. The van der Waals surface area contributed by atoms with E-state index >= 15 is 0 Å². The number of nitrogens with zero attached hydrogens (tertiary/aromatic N) is 4. The zero-order chi connectivity index (χ0) is 30.2. The van der Waals surface area contributed by atoms with Gasteiger partial charge in [-0.2, -0.15) is 0 Å². The summed E-state index contributed by atoms with van der Waals surface area (Å²) in [7, 11) is 0. The molecular formula is C27H42N4O10. The number of rotatable bonds is 15. The number of carboxylic acids is 4. The Morgan fingerprint density at radius 1 is 0.732 bits per heavy atom. The molecule has 1 fully saturated rings. The first-order valence-corrected chi connectivity index (χ1v) is 13.7. The van der Waals surface area contributed by atoms with Crippen molar-refractivity contribution < 1.29 is 49.1 Å². The van der Waals surface area contributed by atoms with Crippen LogP contribution >= 0.6 is 0 Å². The number of hydrogen-bond donors (Lipinski definition) is 4. The Bertz CT molecular complexity index is 945. The van der Waals surface area contributed by atoms with E-state index in [-0.39, 0.29) is 78.6 Å². The van der Waals surface area contributed by atoms with Gasteiger partial charge >= 0.3 is 23.9 Å². The van der Waals surface area contributed by atoms with Gasteiger partial charge in [-0.15, -0.1) is 0 Å². The Kier molecular flexibility index (Phi) is 15.0. The fraction of sp³-hybridized carbons (Fsp3) is 0.630. The smallest absolute Gasteiger partial charge is 0.323 e. The van der Waals surface area contributed by atoms with Crippen molar-refractivity contribution >= 4 is 23.9 Å². The van der Waals surface area contributed by atoms with Crippen molar-refractivity contribution in [2.24, 2.45) is 0 Å². The lowest BCUT2D eigenvalue weighted by Gasteiger charge is -2.35. The number of aliphatic carboxylic acids is 4. The Morgan fingerprint density at radius 2 is 1.17 bits per heavy atom. The predicted molar refractivity (Wildman–Crippen MR) is 147 cm³/mol. The highest BCUT2D eigenvalue weighted by Gasteiger charge is 2.28. The maximum absolute atomic E-state index is 12.3. The second-order valence-electron chi connectivity index (χ2n) is 9.80. The highest BCUT2D eigenvalue weighted by Crippen LogP contribution is 2.13. The van der Waals surface area contributed by atoms with Gasteiger partial charge in [-0.1, -0.05) is 12.1 Å². The van der Waals surface area contributed by atoms with Crippen LogP contribution in [0.2, 0.25) is 0 Å². The lowest BCUT2D eigenvalue weighted by molar-refractivity contribution is -0.147. The zero-order valence-corrected chi connectivity index (χ0v) is 23.5. The molecule has 0 radical (unpaired) electrons. The Balaban J connectivity index is 2.11. The molecule has 4 N–H and O–H groups in total. The van der Waals surface area contributed by atoms with Gasteiger partial charge in [-0.25, -0.2) is 0 Å². The van der Waals surface area contributed by atoms with Gasteiger partial charge in [-0.3, -0.25) is 38.8 Å². The molecule has 1 saturated heterocycles. The fourth-order valence-corrected chi connectivity index (χ4v) is 4.55. The highest BCUT2D eigenvalue weighted by molar-refractivity contribution is 5.73. The average Bonchev–Trinajstić information content (AvgIpc) is 2.89. The number of benzene rings is 1. The molecule has 0 saturated carbocycles. The van der Waals surface area contributed by atoms with Crippen molar-refractivity contribution in [3.05, 3.63) is 29.8 Å². The molecule has 1 aliphatic heterocycles. The second kappa shape index (κ2) is 18.2. The van der Waals surface area contributed by atoms with E-state index in [4.69, 9.17) is 9.47 Å². The monoisotopic (exact) mass is 582 g/mol. The van der Waals surface area contributed by atoms with Gasteiger partial charge in [0, 0.05) is 52.4 Å². The second-order valence-corrected chi connectivity index (χ2v) is 9.80. The predicted octanol–water partition coefficient (Wildman–Crippen LogP) is -0.427. The van der Waals surface area contributed by atoms with E-state index in [1.165, 1.54) is 0 Å². The van der Waals surface area contributed by atoms with E-state index in [9.17, 15) is 39.6 Å². The van der Waals surface area contributed by atoms with Crippen LogP contribution in [0, 0.1) is 0 Å². The van der Waals surface area contributed by atoms with Crippen molar-refractivity contribution in [2.75, 3.05) is 91.8 Å². The summed E-state index contributed by atoms with van der Waals surface area (Å²) >= 11 is 0. The van der Waals surface area contributed by atoms with Gasteiger partial charge in [-0.05, 0) is 31.0 Å². The van der Waals surface area contributed by atoms with Crippen LogP contribution in [0.3, 0.4) is 0 Å². The summed E-state index contributed by atoms with van der Waals surface area (Å²) in [6.07, 6.45) is 0.574. The summed E-state index contributed by atoms with van der Waals surface area (Å²) in [5.74, 6) is -3.46. The Labute approximate surface area is 239 Å². The summed E-state index contributed by atoms with van der Waals surface area (Å²) in [6.45, 7) is 3.72. The molecule has 41 heavy (non-hydrogen) atoms. The van der Waals surface area contributed by atoms with E-state index in [0.29, 0.717) is 19.6 Å². The molecule has 1 heterocycles. The van der Waals surface area contributed by atoms with E-state index in [0.717, 1.165) is 11.3 Å². The largest absolute Gasteiger partial charge is 0.494 e. The van der Waals surface area contributed by atoms with Crippen LogP contribution in [0.25, 0.3) is 0 Å². The van der Waals surface area contributed by atoms with E-state index in [1.54, 1.807) is 19.6 Å². The van der Waals surface area contributed by atoms with Gasteiger partial charge in [0.05, 0.1) is 39.5 Å². The van der Waals surface area contributed by atoms with Gasteiger partial charge in [0.2, 0.25) is 0 Å². The van der Waals surface area contributed by atoms with Crippen molar-refractivity contribution in [2.45, 2.75) is 19.4 Å². The first-order valence-electron chi connectivity index (χ1n) is 13.7. The van der Waals surface area contributed by atoms with Crippen LogP contribution in [0.1, 0.15) is 12.5 Å². The van der Waals surface area contributed by atoms with E-state index in [1.807, 2.05) is 31.2 Å². The molecule has 0 spiro atoms. The SMILES string of the molecule is CCOc1ccc(CCOCC(C(=O)O)N2CCN(CC(=O)O)CCN(CC(=O)O)CCN(CC(=O)O)CC2)cc1. The molecule has 0 bridgehead atoms. The van der Waals surface area contributed by atoms with Gasteiger partial charge in [0.25, 0.3) is 0 Å². The number of carbonyl (C=O) groups is 4. The Hall–Kier alpha value is -3.30. The van der Waals surface area contributed by atoms with Gasteiger partial charge in [0.15, 0.2) is 0 Å². The molecule has 14 nitrogen and oxygen atoms in total. The molecule has 2 rings (SSSR count). The van der Waals surface area contributed by atoms with E-state index < -0.39 is 29.9 Å². The van der Waals surface area contributed by atoms with Crippen molar-refractivity contribution in [3.63, 3.8) is 0 Å². The van der Waals surface area contributed by atoms with Crippen LogP contribution in [-0.4, -0.2) is 162 Å².